The molecule has 1 rings (SSSR count). The molecule has 0 unspecified atom stereocenters. The number of benzene rings is 1. The van der Waals surface area contributed by atoms with Gasteiger partial charge in [0.2, 0.25) is 0 Å². The lowest BCUT2D eigenvalue weighted by Gasteiger charge is -2.21. The minimum Gasteiger partial charge on any atom is -0.413 e. The van der Waals surface area contributed by atoms with Gasteiger partial charge >= 0.3 is 7.75 Å². The first kappa shape index (κ1) is 17.4. The summed E-state index contributed by atoms with van der Waals surface area (Å²) in [4.78, 5) is 0.736. The zero-order valence-electron chi connectivity index (χ0n) is 12.5. The average molecular weight is 319 g/mol. The summed E-state index contributed by atoms with van der Waals surface area (Å²) in [6, 6.07) is 5.05. The summed E-state index contributed by atoms with van der Waals surface area (Å²) in [5, 5.41) is 2.81. The summed E-state index contributed by atoms with van der Waals surface area (Å²) in [7, 11) is -4.44. The Labute approximate surface area is 123 Å². The van der Waals surface area contributed by atoms with Crippen LogP contribution in [0.15, 0.2) is 23.1 Å². The van der Waals surface area contributed by atoms with E-state index in [1.807, 2.05) is 20.8 Å². The molecule has 0 aliphatic rings. The summed E-state index contributed by atoms with van der Waals surface area (Å²) in [5.41, 5.74) is 0.830. The van der Waals surface area contributed by atoms with E-state index >= 15 is 0 Å². The molecule has 0 radical (unpaired) electrons. The quantitative estimate of drug-likeness (QED) is 0.782. The monoisotopic (exact) mass is 319 g/mol. The molecule has 2 atom stereocenters. The fraction of sp³-hybridized carbons (Fsp3) is 0.538. The Kier molecular flexibility index (Phi) is 6.40. The second-order valence-electron chi connectivity index (χ2n) is 4.67. The van der Waals surface area contributed by atoms with Crippen LogP contribution < -0.4 is 9.61 Å². The van der Waals surface area contributed by atoms with Gasteiger partial charge in [0.05, 0.1) is 17.4 Å². The van der Waals surface area contributed by atoms with Gasteiger partial charge in [-0.15, -0.1) is 0 Å². The largest absolute Gasteiger partial charge is 0.458 e. The van der Waals surface area contributed by atoms with Gasteiger partial charge in [-0.2, -0.15) is 0 Å². The van der Waals surface area contributed by atoms with Crippen molar-refractivity contribution in [2.75, 3.05) is 12.9 Å². The van der Waals surface area contributed by atoms with Gasteiger partial charge in [0.15, 0.2) is 0 Å². The molecular formula is C13H22NO4PS. The molecule has 0 aromatic heterocycles. The van der Waals surface area contributed by atoms with Gasteiger partial charge in [-0.05, 0) is 51.5 Å². The molecule has 0 spiro atoms. The summed E-state index contributed by atoms with van der Waals surface area (Å²) in [5.74, 6) is 0.432. The van der Waals surface area contributed by atoms with Crippen molar-refractivity contribution < 1.29 is 17.8 Å². The van der Waals surface area contributed by atoms with Crippen LogP contribution in [-0.2, 0) is 19.9 Å². The van der Waals surface area contributed by atoms with Crippen molar-refractivity contribution in [1.29, 1.82) is 0 Å². The first-order chi connectivity index (χ1) is 9.27. The molecule has 20 heavy (non-hydrogen) atoms. The van der Waals surface area contributed by atoms with E-state index in [0.29, 0.717) is 5.75 Å². The predicted molar refractivity (Wildman–Crippen MR) is 81.6 cm³/mol. The normalized spacial score (nSPS) is 15.9. The Morgan fingerprint density at radius 1 is 1.40 bits per heavy atom. The number of hydrogen-bond acceptors (Lipinski definition) is 4. The van der Waals surface area contributed by atoms with Crippen molar-refractivity contribution in [2.45, 2.75) is 38.6 Å². The van der Waals surface area contributed by atoms with E-state index in [0.717, 1.165) is 10.5 Å². The highest BCUT2D eigenvalue weighted by molar-refractivity contribution is 7.84. The van der Waals surface area contributed by atoms with E-state index in [9.17, 15) is 8.77 Å². The van der Waals surface area contributed by atoms with Gasteiger partial charge in [0.1, 0.15) is 5.75 Å². The lowest BCUT2D eigenvalue weighted by molar-refractivity contribution is 0.265. The van der Waals surface area contributed by atoms with Crippen molar-refractivity contribution in [2.24, 2.45) is 0 Å². The molecule has 5 nitrogen and oxygen atoms in total. The fourth-order valence-corrected chi connectivity index (χ4v) is 4.03. The van der Waals surface area contributed by atoms with Gasteiger partial charge in [-0.1, -0.05) is 0 Å². The number of aryl methyl sites for hydroxylation is 1. The molecule has 0 aliphatic heterocycles. The molecule has 0 saturated heterocycles. The first-order valence-electron chi connectivity index (χ1n) is 6.43. The summed E-state index contributed by atoms with van der Waals surface area (Å²) >= 11 is 0. The Morgan fingerprint density at radius 3 is 2.50 bits per heavy atom. The molecule has 0 aliphatic carbocycles. The highest BCUT2D eigenvalue weighted by Crippen LogP contribution is 2.44. The molecule has 1 aromatic carbocycles. The van der Waals surface area contributed by atoms with Gasteiger partial charge < -0.3 is 4.52 Å². The highest BCUT2D eigenvalue weighted by atomic mass is 32.2. The Balaban J connectivity index is 2.97. The van der Waals surface area contributed by atoms with Crippen LogP contribution in [0, 0.1) is 6.92 Å². The molecule has 114 valence electrons. The van der Waals surface area contributed by atoms with E-state index in [1.165, 1.54) is 0 Å². The van der Waals surface area contributed by atoms with Crippen molar-refractivity contribution >= 4 is 18.5 Å². The maximum absolute atomic E-state index is 12.5. The third-order valence-electron chi connectivity index (χ3n) is 2.40. The molecule has 1 aromatic rings. The molecular weight excluding hydrogens is 297 g/mol. The van der Waals surface area contributed by atoms with Crippen molar-refractivity contribution in [3.63, 3.8) is 0 Å². The van der Waals surface area contributed by atoms with Gasteiger partial charge in [0.25, 0.3) is 0 Å². The molecule has 0 heterocycles. The van der Waals surface area contributed by atoms with E-state index in [-0.39, 0.29) is 12.6 Å². The minimum absolute atomic E-state index is 0.0316. The topological polar surface area (TPSA) is 64.6 Å². The second kappa shape index (κ2) is 7.36. The van der Waals surface area contributed by atoms with E-state index in [2.05, 4.69) is 5.09 Å². The lowest BCUT2D eigenvalue weighted by atomic mass is 10.2. The van der Waals surface area contributed by atoms with Crippen molar-refractivity contribution in [3.8, 4) is 5.75 Å². The van der Waals surface area contributed by atoms with Crippen LogP contribution in [0.3, 0.4) is 0 Å². The molecule has 7 heteroatoms. The van der Waals surface area contributed by atoms with E-state index in [1.54, 1.807) is 31.4 Å². The maximum Gasteiger partial charge on any atom is 0.458 e. The molecule has 0 bridgehead atoms. The first-order valence-corrected chi connectivity index (χ1v) is 9.53. The van der Waals surface area contributed by atoms with Crippen LogP contribution in [-0.4, -0.2) is 23.1 Å². The minimum atomic E-state index is -3.38. The molecule has 0 fully saturated rings. The third-order valence-corrected chi connectivity index (χ3v) is 5.36. The van der Waals surface area contributed by atoms with Crippen LogP contribution in [0.4, 0.5) is 0 Å². The summed E-state index contributed by atoms with van der Waals surface area (Å²) in [6.07, 6.45) is 1.62. The van der Waals surface area contributed by atoms with E-state index in [4.69, 9.17) is 9.05 Å². The molecule has 1 N–H and O–H groups in total. The lowest BCUT2D eigenvalue weighted by Crippen LogP contribution is -2.23. The third kappa shape index (κ3) is 5.02. The van der Waals surface area contributed by atoms with Crippen LogP contribution in [0.2, 0.25) is 0 Å². The zero-order valence-corrected chi connectivity index (χ0v) is 14.2. The van der Waals surface area contributed by atoms with E-state index < -0.39 is 18.5 Å². The SMILES string of the molecule is CCO[P@@](=O)(NC(C)C)Oc1ccc([S@](C)=O)c(C)c1. The maximum atomic E-state index is 12.5. The Hall–Kier alpha value is -0.680. The Bertz CT molecular complexity index is 533. The number of nitrogens with one attached hydrogen (secondary N) is 1. The van der Waals surface area contributed by atoms with Gasteiger partial charge in [-0.25, -0.2) is 9.65 Å². The average Bonchev–Trinajstić information content (AvgIpc) is 2.26. The van der Waals surface area contributed by atoms with Gasteiger partial charge in [-0.3, -0.25) is 8.73 Å². The summed E-state index contributed by atoms with van der Waals surface area (Å²) in [6.45, 7) is 7.61. The van der Waals surface area contributed by atoms with Crippen LogP contribution in [0.1, 0.15) is 26.3 Å². The summed E-state index contributed by atoms with van der Waals surface area (Å²) < 4.78 is 34.7. The fourth-order valence-electron chi connectivity index (χ4n) is 1.72. The van der Waals surface area contributed by atoms with Crippen LogP contribution >= 0.6 is 7.75 Å². The van der Waals surface area contributed by atoms with Crippen LogP contribution in [0.5, 0.6) is 5.75 Å². The Morgan fingerprint density at radius 2 is 2.05 bits per heavy atom. The van der Waals surface area contributed by atoms with Crippen LogP contribution in [0.25, 0.3) is 0 Å². The molecule has 0 saturated carbocycles. The van der Waals surface area contributed by atoms with Crippen molar-refractivity contribution in [3.05, 3.63) is 23.8 Å². The predicted octanol–water partition coefficient (Wildman–Crippen LogP) is 3.25. The zero-order chi connectivity index (χ0) is 15.3. The van der Waals surface area contributed by atoms with Gasteiger partial charge in [0, 0.05) is 17.2 Å². The highest BCUT2D eigenvalue weighted by Gasteiger charge is 2.27. The standard InChI is InChI=1S/C13H22NO4PS/c1-6-17-19(15,14-10(2)3)18-12-7-8-13(20(5)16)11(4)9-12/h7-10H,6H2,1-5H3,(H,14,15)/t19-,20-/m0/s1. The molecule has 0 amide bonds. The van der Waals surface area contributed by atoms with Crippen molar-refractivity contribution in [1.82, 2.24) is 5.09 Å². The number of rotatable bonds is 7. The number of hydrogen-bond donors (Lipinski definition) is 1. The second-order valence-corrected chi connectivity index (χ2v) is 7.71. The smallest absolute Gasteiger partial charge is 0.413 e.